The second kappa shape index (κ2) is 3.85. The zero-order valence-electron chi connectivity index (χ0n) is 6.55. The smallest absolute Gasteiger partial charge is 0.179 e. The quantitative estimate of drug-likeness (QED) is 0.347. The van der Waals surface area contributed by atoms with Crippen LogP contribution in [0.3, 0.4) is 0 Å². The number of halogens is 2. The molecule has 0 saturated carbocycles. The molecule has 1 rings (SSSR count). The molecule has 0 unspecified atom stereocenters. The number of Topliss-reactive ketones (excluding diaryl/α,β-unsaturated/α-hetero) is 1. The highest BCUT2D eigenvalue weighted by Crippen LogP contribution is 2.28. The van der Waals surface area contributed by atoms with Crippen LogP contribution >= 0.6 is 23.2 Å². The highest BCUT2D eigenvalue weighted by Gasteiger charge is 2.12. The van der Waals surface area contributed by atoms with Crippen molar-refractivity contribution in [1.29, 1.82) is 0 Å². The number of alkyl halides is 1. The fourth-order valence-corrected chi connectivity index (χ4v) is 1.26. The minimum atomic E-state index is -0.364. The summed E-state index contributed by atoms with van der Waals surface area (Å²) in [5.41, 5.74) is 5.80. The van der Waals surface area contributed by atoms with E-state index in [1.165, 1.54) is 12.1 Å². The van der Waals surface area contributed by atoms with Crippen molar-refractivity contribution < 1.29 is 9.90 Å². The fourth-order valence-electron chi connectivity index (χ4n) is 0.906. The van der Waals surface area contributed by atoms with E-state index in [0.29, 0.717) is 0 Å². The highest BCUT2D eigenvalue weighted by molar-refractivity contribution is 6.36. The van der Waals surface area contributed by atoms with Crippen LogP contribution in [0.4, 0.5) is 5.69 Å². The molecule has 0 fully saturated rings. The monoisotopic (exact) mass is 219 g/mol. The number of anilines is 1. The average molecular weight is 220 g/mol. The number of hydrogen-bond donors (Lipinski definition) is 2. The number of nitrogens with two attached hydrogens (primary N) is 1. The van der Waals surface area contributed by atoms with Gasteiger partial charge in [0.2, 0.25) is 0 Å². The maximum atomic E-state index is 11.2. The largest absolute Gasteiger partial charge is 0.508 e. The van der Waals surface area contributed by atoms with Gasteiger partial charge in [0.25, 0.3) is 0 Å². The van der Waals surface area contributed by atoms with E-state index in [9.17, 15) is 4.79 Å². The van der Waals surface area contributed by atoms with Gasteiger partial charge in [-0.15, -0.1) is 11.6 Å². The van der Waals surface area contributed by atoms with Gasteiger partial charge in [-0.1, -0.05) is 11.6 Å². The van der Waals surface area contributed by atoms with Gasteiger partial charge in [-0.05, 0) is 6.07 Å². The van der Waals surface area contributed by atoms with E-state index in [1.807, 2.05) is 0 Å². The predicted octanol–water partition coefficient (Wildman–Crippen LogP) is 2.05. The summed E-state index contributed by atoms with van der Waals surface area (Å²) >= 11 is 11.0. The molecule has 1 aromatic carbocycles. The summed E-state index contributed by atoms with van der Waals surface area (Å²) in [5.74, 6) is -0.658. The van der Waals surface area contributed by atoms with Crippen molar-refractivity contribution in [2.45, 2.75) is 0 Å². The second-order valence-electron chi connectivity index (χ2n) is 2.45. The number of carbonyl (C=O) groups is 1. The van der Waals surface area contributed by atoms with E-state index >= 15 is 0 Å². The highest BCUT2D eigenvalue weighted by atomic mass is 35.5. The lowest BCUT2D eigenvalue weighted by Gasteiger charge is -2.05. The molecule has 0 heterocycles. The Morgan fingerprint density at radius 3 is 2.69 bits per heavy atom. The molecular weight excluding hydrogens is 213 g/mol. The molecule has 0 aromatic heterocycles. The second-order valence-corrected chi connectivity index (χ2v) is 3.12. The molecule has 0 radical (unpaired) electrons. The lowest BCUT2D eigenvalue weighted by molar-refractivity contribution is 0.102. The topological polar surface area (TPSA) is 63.3 Å². The minimum Gasteiger partial charge on any atom is -0.508 e. The number of hydrogen-bond acceptors (Lipinski definition) is 3. The van der Waals surface area contributed by atoms with Crippen LogP contribution in [0.1, 0.15) is 10.4 Å². The molecule has 0 aliphatic carbocycles. The number of benzene rings is 1. The van der Waals surface area contributed by atoms with Crippen molar-refractivity contribution >= 4 is 34.7 Å². The normalized spacial score (nSPS) is 10.0. The molecule has 0 atom stereocenters. The molecule has 3 nitrogen and oxygen atoms in total. The molecule has 1 aromatic rings. The molecular formula is C8H7Cl2NO2. The van der Waals surface area contributed by atoms with Crippen LogP contribution in [0.15, 0.2) is 12.1 Å². The van der Waals surface area contributed by atoms with Crippen LogP contribution in [0.5, 0.6) is 5.75 Å². The Labute approximate surface area is 85.1 Å². The third-order valence-corrected chi connectivity index (χ3v) is 2.09. The summed E-state index contributed by atoms with van der Waals surface area (Å²) in [6.07, 6.45) is 0. The molecule has 0 amide bonds. The summed E-state index contributed by atoms with van der Waals surface area (Å²) < 4.78 is 0. The molecule has 0 aliphatic rings. The first-order valence-corrected chi connectivity index (χ1v) is 4.34. The summed E-state index contributed by atoms with van der Waals surface area (Å²) in [5, 5.41) is 9.27. The fraction of sp³-hybridized carbons (Fsp3) is 0.125. The van der Waals surface area contributed by atoms with Gasteiger partial charge >= 0.3 is 0 Å². The van der Waals surface area contributed by atoms with Gasteiger partial charge in [0, 0.05) is 11.6 Å². The Morgan fingerprint density at radius 1 is 1.54 bits per heavy atom. The third kappa shape index (κ3) is 2.05. The number of ketones is 1. The van der Waals surface area contributed by atoms with Crippen molar-refractivity contribution in [3.8, 4) is 5.75 Å². The first-order valence-electron chi connectivity index (χ1n) is 3.43. The van der Waals surface area contributed by atoms with Crippen LogP contribution in [0.2, 0.25) is 5.02 Å². The first-order chi connectivity index (χ1) is 6.06. The number of carbonyl (C=O) groups excluding carboxylic acids is 1. The maximum Gasteiger partial charge on any atom is 0.179 e. The van der Waals surface area contributed by atoms with Gasteiger partial charge in [0.1, 0.15) is 5.75 Å². The third-order valence-electron chi connectivity index (χ3n) is 1.54. The number of nitrogen functional groups attached to an aromatic ring is 1. The Hall–Kier alpha value is -0.930. The number of phenolic OH excluding ortho intramolecular Hbond substituents is 1. The van der Waals surface area contributed by atoms with Crippen LogP contribution in [-0.4, -0.2) is 16.8 Å². The SMILES string of the molecule is Nc1c(Cl)cc(O)cc1C(=O)CCl. The van der Waals surface area contributed by atoms with Gasteiger partial charge in [0.15, 0.2) is 5.78 Å². The van der Waals surface area contributed by atoms with Crippen molar-refractivity contribution in [3.63, 3.8) is 0 Å². The minimum absolute atomic E-state index is 0.104. The summed E-state index contributed by atoms with van der Waals surface area (Å²) in [6.45, 7) is 0. The lowest BCUT2D eigenvalue weighted by atomic mass is 10.1. The lowest BCUT2D eigenvalue weighted by Crippen LogP contribution is -2.05. The number of rotatable bonds is 2. The van der Waals surface area contributed by atoms with Gasteiger partial charge in [-0.2, -0.15) is 0 Å². The van der Waals surface area contributed by atoms with E-state index in [0.717, 1.165) is 0 Å². The van der Waals surface area contributed by atoms with Crippen molar-refractivity contribution in [1.82, 2.24) is 0 Å². The standard InChI is InChI=1S/C8H7Cl2NO2/c9-3-7(13)5-1-4(12)2-6(10)8(5)11/h1-2,12H,3,11H2. The van der Waals surface area contributed by atoms with Crippen LogP contribution in [0, 0.1) is 0 Å². The van der Waals surface area contributed by atoms with E-state index in [2.05, 4.69) is 0 Å². The van der Waals surface area contributed by atoms with Crippen LogP contribution < -0.4 is 5.73 Å². The summed E-state index contributed by atoms with van der Waals surface area (Å²) in [6, 6.07) is 2.51. The maximum absolute atomic E-state index is 11.2. The molecule has 70 valence electrons. The van der Waals surface area contributed by atoms with E-state index in [-0.39, 0.29) is 33.7 Å². The Balaban J connectivity index is 3.28. The van der Waals surface area contributed by atoms with Crippen molar-refractivity contribution in [3.05, 3.63) is 22.7 Å². The zero-order chi connectivity index (χ0) is 10.0. The number of aromatic hydroxyl groups is 1. The van der Waals surface area contributed by atoms with Gasteiger partial charge in [-0.25, -0.2) is 0 Å². The number of phenols is 1. The van der Waals surface area contributed by atoms with Gasteiger partial charge < -0.3 is 10.8 Å². The summed E-state index contributed by atoms with van der Waals surface area (Å²) in [4.78, 5) is 11.2. The zero-order valence-corrected chi connectivity index (χ0v) is 8.06. The predicted molar refractivity (Wildman–Crippen MR) is 52.6 cm³/mol. The molecule has 3 N–H and O–H groups in total. The van der Waals surface area contributed by atoms with Crippen molar-refractivity contribution in [2.75, 3.05) is 11.6 Å². The first kappa shape index (κ1) is 10.2. The van der Waals surface area contributed by atoms with E-state index in [1.54, 1.807) is 0 Å². The molecule has 0 aliphatic heterocycles. The Kier molecular flexibility index (Phi) is 3.01. The molecule has 0 spiro atoms. The molecule has 0 saturated heterocycles. The van der Waals surface area contributed by atoms with Crippen molar-refractivity contribution in [2.24, 2.45) is 0 Å². The van der Waals surface area contributed by atoms with E-state index in [4.69, 9.17) is 34.0 Å². The Bertz CT molecular complexity index is 352. The van der Waals surface area contributed by atoms with E-state index < -0.39 is 0 Å². The Morgan fingerprint density at radius 2 is 2.15 bits per heavy atom. The van der Waals surface area contributed by atoms with Gasteiger partial charge in [-0.3, -0.25) is 4.79 Å². The van der Waals surface area contributed by atoms with Gasteiger partial charge in [0.05, 0.1) is 16.6 Å². The molecule has 13 heavy (non-hydrogen) atoms. The summed E-state index contributed by atoms with van der Waals surface area (Å²) in [7, 11) is 0. The van der Waals surface area contributed by atoms with Crippen LogP contribution in [-0.2, 0) is 0 Å². The van der Waals surface area contributed by atoms with Crippen LogP contribution in [0.25, 0.3) is 0 Å². The molecule has 5 heteroatoms. The molecule has 0 bridgehead atoms. The average Bonchev–Trinajstić information content (AvgIpc) is 2.10.